The zero-order chi connectivity index (χ0) is 28.5. The van der Waals surface area contributed by atoms with E-state index in [4.69, 9.17) is 30.5 Å². The second-order valence-electron chi connectivity index (χ2n) is 10.7. The van der Waals surface area contributed by atoms with E-state index in [2.05, 4.69) is 0 Å². The lowest BCUT2D eigenvalue weighted by Crippen LogP contribution is -2.33. The lowest BCUT2D eigenvalue weighted by molar-refractivity contribution is -0.139. The van der Waals surface area contributed by atoms with E-state index in [-0.39, 0.29) is 41.1 Å². The summed E-state index contributed by atoms with van der Waals surface area (Å²) in [5, 5.41) is 11.4. The van der Waals surface area contributed by atoms with Gasteiger partial charge in [-0.15, -0.1) is 0 Å². The number of rotatable bonds is 7. The maximum absolute atomic E-state index is 13.4. The van der Waals surface area contributed by atoms with E-state index >= 15 is 0 Å². The average molecular weight is 553 g/mol. The van der Waals surface area contributed by atoms with E-state index in [1.165, 1.54) is 7.11 Å². The fourth-order valence-corrected chi connectivity index (χ4v) is 4.69. The van der Waals surface area contributed by atoms with Gasteiger partial charge in [0, 0.05) is 16.1 Å². The zero-order valence-electron chi connectivity index (χ0n) is 23.0. The van der Waals surface area contributed by atoms with Crippen LogP contribution >= 0.6 is 11.6 Å². The summed E-state index contributed by atoms with van der Waals surface area (Å²) < 4.78 is 23.4. The fourth-order valence-electron chi connectivity index (χ4n) is 4.56. The van der Waals surface area contributed by atoms with Gasteiger partial charge < -0.3 is 24.1 Å². The molecule has 0 saturated heterocycles. The standard InChI is InChI=1S/C31H33ClO7/c1-17(2)13-23(33)22-11-12-24-26(28(22)36-6)29(34)37-16-19-14-18(3)15-25(27(19)38-24)39-30(35)31(4,5)20-7-9-21(32)10-8-20/h7-12,14-15,17,23,33H,13,16H2,1-6H3/t23-/m0/s1. The minimum absolute atomic E-state index is 0.0581. The highest BCUT2D eigenvalue weighted by atomic mass is 35.5. The Kier molecular flexibility index (Phi) is 8.23. The van der Waals surface area contributed by atoms with Gasteiger partial charge >= 0.3 is 11.9 Å². The largest absolute Gasteiger partial charge is 0.495 e. The number of hydrogen-bond donors (Lipinski definition) is 1. The van der Waals surface area contributed by atoms with Gasteiger partial charge in [0.25, 0.3) is 0 Å². The Labute approximate surface area is 233 Å². The summed E-state index contributed by atoms with van der Waals surface area (Å²) >= 11 is 6.03. The van der Waals surface area contributed by atoms with Crippen LogP contribution in [0.4, 0.5) is 0 Å². The number of carbonyl (C=O) groups is 2. The van der Waals surface area contributed by atoms with Crippen LogP contribution in [-0.4, -0.2) is 24.2 Å². The topological polar surface area (TPSA) is 91.3 Å². The van der Waals surface area contributed by atoms with Crippen LogP contribution in [0.2, 0.25) is 5.02 Å². The van der Waals surface area contributed by atoms with Crippen molar-refractivity contribution in [3.8, 4) is 23.0 Å². The molecular formula is C31H33ClO7. The van der Waals surface area contributed by atoms with Crippen molar-refractivity contribution < 1.29 is 33.6 Å². The molecule has 0 spiro atoms. The Bertz CT molecular complexity index is 1390. The molecule has 0 amide bonds. The van der Waals surface area contributed by atoms with E-state index in [0.717, 1.165) is 11.1 Å². The van der Waals surface area contributed by atoms with Gasteiger partial charge in [0.05, 0.1) is 18.6 Å². The van der Waals surface area contributed by atoms with Crippen LogP contribution in [-0.2, 0) is 21.6 Å². The molecule has 1 aliphatic heterocycles. The summed E-state index contributed by atoms with van der Waals surface area (Å²) in [5.74, 6) is -0.115. The number of aliphatic hydroxyl groups excluding tert-OH is 1. The third-order valence-corrected chi connectivity index (χ3v) is 6.99. The van der Waals surface area contributed by atoms with Crippen LogP contribution in [0.25, 0.3) is 0 Å². The van der Waals surface area contributed by atoms with Crippen molar-refractivity contribution in [1.29, 1.82) is 0 Å². The third-order valence-electron chi connectivity index (χ3n) is 6.74. The van der Waals surface area contributed by atoms with Crippen LogP contribution < -0.4 is 14.2 Å². The molecule has 0 fully saturated rings. The van der Waals surface area contributed by atoms with Crippen LogP contribution in [0.15, 0.2) is 48.5 Å². The number of methoxy groups -OCH3 is 1. The number of ether oxygens (including phenoxy) is 4. The predicted molar refractivity (Wildman–Crippen MR) is 148 cm³/mol. The second-order valence-corrected chi connectivity index (χ2v) is 11.1. The maximum atomic E-state index is 13.4. The van der Waals surface area contributed by atoms with E-state index < -0.39 is 23.5 Å². The minimum atomic E-state index is -0.988. The average Bonchev–Trinajstić information content (AvgIpc) is 2.87. The molecule has 0 aromatic heterocycles. The fraction of sp³-hybridized carbons (Fsp3) is 0.355. The molecule has 8 heteroatoms. The smallest absolute Gasteiger partial charge is 0.346 e. The highest BCUT2D eigenvalue weighted by Crippen LogP contribution is 2.45. The summed E-state index contributed by atoms with van der Waals surface area (Å²) in [6.07, 6.45) is -0.360. The summed E-state index contributed by atoms with van der Waals surface area (Å²) in [5.41, 5.74) is 1.62. The van der Waals surface area contributed by atoms with Gasteiger partial charge in [-0.25, -0.2) is 4.79 Å². The number of aryl methyl sites for hydroxylation is 1. The van der Waals surface area contributed by atoms with E-state index in [9.17, 15) is 14.7 Å². The Balaban J connectivity index is 1.76. The molecule has 0 radical (unpaired) electrons. The van der Waals surface area contributed by atoms with Crippen molar-refractivity contribution in [1.82, 2.24) is 0 Å². The highest BCUT2D eigenvalue weighted by Gasteiger charge is 2.34. The minimum Gasteiger partial charge on any atom is -0.495 e. The van der Waals surface area contributed by atoms with Gasteiger partial charge in [0.15, 0.2) is 11.5 Å². The first-order valence-corrected chi connectivity index (χ1v) is 13.2. The van der Waals surface area contributed by atoms with E-state index in [0.29, 0.717) is 22.6 Å². The molecule has 4 rings (SSSR count). The molecule has 1 atom stereocenters. The monoisotopic (exact) mass is 552 g/mol. The summed E-state index contributed by atoms with van der Waals surface area (Å²) in [6.45, 7) is 9.27. The molecule has 1 aliphatic rings. The number of esters is 2. The lowest BCUT2D eigenvalue weighted by atomic mass is 9.85. The van der Waals surface area contributed by atoms with Gasteiger partial charge in [-0.2, -0.15) is 0 Å². The third kappa shape index (κ3) is 5.89. The number of benzene rings is 3. The Morgan fingerprint density at radius 1 is 1.13 bits per heavy atom. The Hall–Kier alpha value is -3.55. The van der Waals surface area contributed by atoms with Crippen molar-refractivity contribution >= 4 is 23.5 Å². The molecule has 1 N–H and O–H groups in total. The molecule has 0 saturated carbocycles. The number of fused-ring (bicyclic) bond motifs is 2. The number of halogens is 1. The van der Waals surface area contributed by atoms with Crippen molar-refractivity contribution in [2.45, 2.75) is 59.2 Å². The number of hydrogen-bond acceptors (Lipinski definition) is 7. The van der Waals surface area contributed by atoms with Gasteiger partial charge in [-0.3, -0.25) is 4.79 Å². The molecule has 39 heavy (non-hydrogen) atoms. The van der Waals surface area contributed by atoms with Gasteiger partial charge in [-0.05, 0) is 80.6 Å². The molecule has 1 heterocycles. The zero-order valence-corrected chi connectivity index (χ0v) is 23.7. The van der Waals surface area contributed by atoms with Crippen LogP contribution in [0.5, 0.6) is 23.0 Å². The van der Waals surface area contributed by atoms with Crippen molar-refractivity contribution in [3.05, 3.63) is 81.4 Å². The lowest BCUT2D eigenvalue weighted by Gasteiger charge is -2.26. The quantitative estimate of drug-likeness (QED) is 0.247. The normalized spacial score (nSPS) is 13.8. The molecular weight excluding hydrogens is 520 g/mol. The summed E-state index contributed by atoms with van der Waals surface area (Å²) in [7, 11) is 1.43. The first kappa shape index (κ1) is 28.5. The maximum Gasteiger partial charge on any atom is 0.346 e. The molecule has 7 nitrogen and oxygen atoms in total. The van der Waals surface area contributed by atoms with Gasteiger partial charge in [-0.1, -0.05) is 37.6 Å². The molecule has 206 valence electrons. The number of carbonyl (C=O) groups excluding carboxylic acids is 2. The van der Waals surface area contributed by atoms with Gasteiger partial charge in [0.1, 0.15) is 23.7 Å². The van der Waals surface area contributed by atoms with Crippen LogP contribution in [0.3, 0.4) is 0 Å². The van der Waals surface area contributed by atoms with Crippen molar-refractivity contribution in [2.75, 3.05) is 7.11 Å². The SMILES string of the molecule is COc1c([C@@H](O)CC(C)C)ccc2c1C(=O)OCc1cc(C)cc(OC(=O)C(C)(C)c3ccc(Cl)cc3)c1O2. The first-order chi connectivity index (χ1) is 18.4. The summed E-state index contributed by atoms with van der Waals surface area (Å²) in [4.78, 5) is 26.6. The molecule has 0 unspecified atom stereocenters. The molecule has 3 aromatic rings. The first-order valence-electron chi connectivity index (χ1n) is 12.8. The van der Waals surface area contributed by atoms with Crippen molar-refractivity contribution in [2.24, 2.45) is 5.92 Å². The molecule has 3 aromatic carbocycles. The highest BCUT2D eigenvalue weighted by molar-refractivity contribution is 6.30. The van der Waals surface area contributed by atoms with Crippen molar-refractivity contribution in [3.63, 3.8) is 0 Å². The van der Waals surface area contributed by atoms with E-state index in [1.807, 2.05) is 26.8 Å². The molecule has 0 bridgehead atoms. The number of aliphatic hydroxyl groups is 1. The van der Waals surface area contributed by atoms with Gasteiger partial charge in [0.2, 0.25) is 0 Å². The number of cyclic esters (lactones) is 1. The van der Waals surface area contributed by atoms with Crippen LogP contribution in [0, 0.1) is 12.8 Å². The predicted octanol–water partition coefficient (Wildman–Crippen LogP) is 7.08. The molecule has 0 aliphatic carbocycles. The Morgan fingerprint density at radius 3 is 2.46 bits per heavy atom. The summed E-state index contributed by atoms with van der Waals surface area (Å²) in [6, 6.07) is 13.8. The van der Waals surface area contributed by atoms with Crippen LogP contribution in [0.1, 0.15) is 72.8 Å². The Morgan fingerprint density at radius 2 is 1.82 bits per heavy atom. The van der Waals surface area contributed by atoms with E-state index in [1.54, 1.807) is 56.3 Å². The second kappa shape index (κ2) is 11.3.